The van der Waals surface area contributed by atoms with Crippen LogP contribution < -0.4 is 9.62 Å². The van der Waals surface area contributed by atoms with Crippen LogP contribution in [-0.2, 0) is 32.3 Å². The van der Waals surface area contributed by atoms with Gasteiger partial charge >= 0.3 is 6.18 Å². The Morgan fingerprint density at radius 1 is 0.955 bits per heavy atom. The summed E-state index contributed by atoms with van der Waals surface area (Å²) >= 11 is 12.3. The molecule has 0 saturated heterocycles. The first-order valence-electron chi connectivity index (χ1n) is 14.1. The lowest BCUT2D eigenvalue weighted by Gasteiger charge is -2.34. The molecule has 44 heavy (non-hydrogen) atoms. The monoisotopic (exact) mass is 669 g/mol. The highest BCUT2D eigenvalue weighted by Gasteiger charge is 2.36. The number of halogens is 5. The molecule has 1 fully saturated rings. The standard InChI is InChI=1S/C31H32Cl2F3N3O4S/c1-2-28(30(41)37-23-10-6-7-11-23)38(19-21-15-16-26(32)27(33)17-21)29(40)20-39(44(42,43)25-13-4-3-5-14-25)24-12-8-9-22(18-24)31(34,35)36/h3-5,8-9,12-18,23,28H,2,6-7,10-11,19-20H2,1H3,(H,37,41)/t28-/m1/s1. The number of nitrogens with one attached hydrogen (secondary N) is 1. The fourth-order valence-electron chi connectivity index (χ4n) is 5.21. The Balaban J connectivity index is 1.76. The average molecular weight is 671 g/mol. The van der Waals surface area contributed by atoms with E-state index in [0.717, 1.165) is 37.8 Å². The maximum Gasteiger partial charge on any atom is 0.416 e. The molecular weight excluding hydrogens is 638 g/mol. The molecule has 13 heteroatoms. The zero-order chi connectivity index (χ0) is 32.1. The van der Waals surface area contributed by atoms with Crippen molar-refractivity contribution in [1.82, 2.24) is 10.2 Å². The Bertz CT molecular complexity index is 1580. The molecule has 3 aromatic rings. The summed E-state index contributed by atoms with van der Waals surface area (Å²) < 4.78 is 69.3. The van der Waals surface area contributed by atoms with E-state index >= 15 is 0 Å². The van der Waals surface area contributed by atoms with Crippen LogP contribution in [0.15, 0.2) is 77.7 Å². The predicted molar refractivity (Wildman–Crippen MR) is 164 cm³/mol. The number of anilines is 1. The third-order valence-electron chi connectivity index (χ3n) is 7.50. The summed E-state index contributed by atoms with van der Waals surface area (Å²) in [7, 11) is -4.52. The summed E-state index contributed by atoms with van der Waals surface area (Å²) in [5.41, 5.74) is -0.905. The Labute approximate surface area is 265 Å². The maximum atomic E-state index is 14.1. The summed E-state index contributed by atoms with van der Waals surface area (Å²) in [5.74, 6) is -1.19. The number of hydrogen-bond donors (Lipinski definition) is 1. The third-order valence-corrected chi connectivity index (χ3v) is 10.0. The predicted octanol–water partition coefficient (Wildman–Crippen LogP) is 7.07. The highest BCUT2D eigenvalue weighted by atomic mass is 35.5. The molecule has 1 N–H and O–H groups in total. The molecule has 0 heterocycles. The summed E-state index contributed by atoms with van der Waals surface area (Å²) in [5, 5.41) is 3.50. The molecule has 1 atom stereocenters. The lowest BCUT2D eigenvalue weighted by atomic mass is 10.1. The zero-order valence-corrected chi connectivity index (χ0v) is 26.2. The Hall–Kier alpha value is -3.28. The van der Waals surface area contributed by atoms with Crippen LogP contribution in [0.1, 0.15) is 50.2 Å². The van der Waals surface area contributed by atoms with Crippen LogP contribution in [0.2, 0.25) is 10.0 Å². The Morgan fingerprint density at radius 2 is 1.64 bits per heavy atom. The first kappa shape index (κ1) is 33.6. The normalized spacial score (nSPS) is 14.7. The molecule has 3 aromatic carbocycles. The van der Waals surface area contributed by atoms with Gasteiger partial charge in [-0.15, -0.1) is 0 Å². The van der Waals surface area contributed by atoms with Crippen molar-refractivity contribution in [3.8, 4) is 0 Å². The maximum absolute atomic E-state index is 14.1. The third kappa shape index (κ3) is 8.05. The number of nitrogens with zero attached hydrogens (tertiary/aromatic N) is 2. The van der Waals surface area contributed by atoms with E-state index in [2.05, 4.69) is 5.32 Å². The zero-order valence-electron chi connectivity index (χ0n) is 23.9. The van der Waals surface area contributed by atoms with Crippen molar-refractivity contribution in [2.45, 2.75) is 68.7 Å². The van der Waals surface area contributed by atoms with Crippen LogP contribution in [-0.4, -0.2) is 43.8 Å². The van der Waals surface area contributed by atoms with Crippen molar-refractivity contribution < 1.29 is 31.2 Å². The van der Waals surface area contributed by atoms with Gasteiger partial charge in [-0.2, -0.15) is 13.2 Å². The SMILES string of the molecule is CC[C@H](C(=O)NC1CCCC1)N(Cc1ccc(Cl)c(Cl)c1)C(=O)CN(c1cccc(C(F)(F)F)c1)S(=O)(=O)c1ccccc1. The molecule has 0 aliphatic heterocycles. The number of amides is 2. The van der Waals surface area contributed by atoms with Crippen molar-refractivity contribution in [1.29, 1.82) is 0 Å². The molecule has 1 aliphatic rings. The topological polar surface area (TPSA) is 86.8 Å². The lowest BCUT2D eigenvalue weighted by molar-refractivity contribution is -0.140. The van der Waals surface area contributed by atoms with Gasteiger partial charge < -0.3 is 10.2 Å². The summed E-state index contributed by atoms with van der Waals surface area (Å²) in [6.07, 6.45) is -1.01. The van der Waals surface area contributed by atoms with Gasteiger partial charge in [0, 0.05) is 12.6 Å². The molecule has 0 radical (unpaired) electrons. The van der Waals surface area contributed by atoms with Gasteiger partial charge in [-0.05, 0) is 67.3 Å². The number of hydrogen-bond acceptors (Lipinski definition) is 4. The van der Waals surface area contributed by atoms with Gasteiger partial charge in [-0.25, -0.2) is 8.42 Å². The van der Waals surface area contributed by atoms with E-state index in [4.69, 9.17) is 23.2 Å². The minimum absolute atomic E-state index is 0.0430. The quantitative estimate of drug-likeness (QED) is 0.237. The average Bonchev–Trinajstić information content (AvgIpc) is 3.50. The second-order valence-electron chi connectivity index (χ2n) is 10.6. The van der Waals surface area contributed by atoms with Crippen LogP contribution in [0.25, 0.3) is 0 Å². The van der Waals surface area contributed by atoms with Crippen molar-refractivity contribution in [3.05, 3.63) is 94.0 Å². The van der Waals surface area contributed by atoms with E-state index in [1.807, 2.05) is 0 Å². The summed E-state index contributed by atoms with van der Waals surface area (Å²) in [4.78, 5) is 28.7. The molecule has 0 bridgehead atoms. The number of benzene rings is 3. The van der Waals surface area contributed by atoms with E-state index in [0.29, 0.717) is 15.9 Å². The van der Waals surface area contributed by atoms with Crippen LogP contribution in [0.5, 0.6) is 0 Å². The van der Waals surface area contributed by atoms with E-state index < -0.39 is 46.2 Å². The minimum atomic E-state index is -4.76. The van der Waals surface area contributed by atoms with Gasteiger partial charge in [0.15, 0.2) is 0 Å². The Kier molecular flexibility index (Phi) is 10.9. The lowest BCUT2D eigenvalue weighted by Crippen LogP contribution is -2.53. The van der Waals surface area contributed by atoms with Gasteiger partial charge in [-0.3, -0.25) is 13.9 Å². The van der Waals surface area contributed by atoms with Gasteiger partial charge in [0.1, 0.15) is 12.6 Å². The smallest absolute Gasteiger partial charge is 0.352 e. The molecule has 7 nitrogen and oxygen atoms in total. The molecule has 2 amide bonds. The first-order chi connectivity index (χ1) is 20.8. The minimum Gasteiger partial charge on any atom is -0.352 e. The number of carbonyl (C=O) groups is 2. The Morgan fingerprint density at radius 3 is 2.25 bits per heavy atom. The van der Waals surface area contributed by atoms with Crippen LogP contribution in [0.4, 0.5) is 18.9 Å². The van der Waals surface area contributed by atoms with Crippen molar-refractivity contribution in [2.75, 3.05) is 10.8 Å². The molecule has 0 spiro atoms. The molecule has 0 aromatic heterocycles. The van der Waals surface area contributed by atoms with Gasteiger partial charge in [0.05, 0.1) is 26.2 Å². The van der Waals surface area contributed by atoms with Crippen LogP contribution in [0.3, 0.4) is 0 Å². The molecular formula is C31H32Cl2F3N3O4S. The number of sulfonamides is 1. The molecule has 1 saturated carbocycles. The van der Waals surface area contributed by atoms with Crippen molar-refractivity contribution in [3.63, 3.8) is 0 Å². The highest BCUT2D eigenvalue weighted by molar-refractivity contribution is 7.92. The summed E-state index contributed by atoms with van der Waals surface area (Å²) in [6.45, 7) is 0.723. The van der Waals surface area contributed by atoms with Gasteiger partial charge in [0.25, 0.3) is 10.0 Å². The number of alkyl halides is 3. The fraction of sp³-hybridized carbons (Fsp3) is 0.355. The van der Waals surface area contributed by atoms with E-state index in [9.17, 15) is 31.2 Å². The second kappa shape index (κ2) is 14.2. The first-order valence-corrected chi connectivity index (χ1v) is 16.3. The van der Waals surface area contributed by atoms with E-state index in [1.54, 1.807) is 19.1 Å². The molecule has 236 valence electrons. The van der Waals surface area contributed by atoms with Crippen LogP contribution in [0, 0.1) is 0 Å². The van der Waals surface area contributed by atoms with Gasteiger partial charge in [-0.1, -0.05) is 73.3 Å². The molecule has 0 unspecified atom stereocenters. The largest absolute Gasteiger partial charge is 0.416 e. The highest BCUT2D eigenvalue weighted by Crippen LogP contribution is 2.33. The number of rotatable bonds is 11. The van der Waals surface area contributed by atoms with Crippen molar-refractivity contribution in [2.24, 2.45) is 0 Å². The van der Waals surface area contributed by atoms with Crippen molar-refractivity contribution >= 4 is 50.7 Å². The van der Waals surface area contributed by atoms with Gasteiger partial charge in [0.2, 0.25) is 11.8 Å². The molecule has 1 aliphatic carbocycles. The number of carbonyl (C=O) groups excluding carboxylic acids is 2. The van der Waals surface area contributed by atoms with E-state index in [-0.39, 0.29) is 39.6 Å². The second-order valence-corrected chi connectivity index (χ2v) is 13.2. The fourth-order valence-corrected chi connectivity index (χ4v) is 6.96. The molecule has 4 rings (SSSR count). The summed E-state index contributed by atoms with van der Waals surface area (Å²) in [6, 6.07) is 14.5. The van der Waals surface area contributed by atoms with Crippen LogP contribution >= 0.6 is 23.2 Å². The van der Waals surface area contributed by atoms with E-state index in [1.165, 1.54) is 47.4 Å².